The van der Waals surface area contributed by atoms with Crippen molar-refractivity contribution in [2.24, 2.45) is 11.7 Å². The Bertz CT molecular complexity index is 519. The van der Waals surface area contributed by atoms with Crippen molar-refractivity contribution in [2.75, 3.05) is 0 Å². The number of benzene rings is 1. The quantitative estimate of drug-likeness (QED) is 0.786. The summed E-state index contributed by atoms with van der Waals surface area (Å²) in [5, 5.41) is 12.4. The van der Waals surface area contributed by atoms with Crippen molar-refractivity contribution >= 4 is 27.7 Å². The van der Waals surface area contributed by atoms with E-state index in [0.717, 1.165) is 12.8 Å². The van der Waals surface area contributed by atoms with Crippen LogP contribution in [0.15, 0.2) is 22.7 Å². The molecule has 1 aromatic carbocycles. The molecule has 6 heteroatoms. The van der Waals surface area contributed by atoms with Crippen LogP contribution in [-0.4, -0.2) is 23.0 Å². The van der Waals surface area contributed by atoms with Crippen LogP contribution in [-0.2, 0) is 4.79 Å². The molecule has 4 N–H and O–H groups in total. The summed E-state index contributed by atoms with van der Waals surface area (Å²) in [6.07, 6.45) is 2.35. The fourth-order valence-electron chi connectivity index (χ4n) is 2.38. The van der Waals surface area contributed by atoms with E-state index in [1.54, 1.807) is 12.1 Å². The van der Waals surface area contributed by atoms with Gasteiger partial charge in [0.2, 0.25) is 5.91 Å². The van der Waals surface area contributed by atoms with Gasteiger partial charge in [-0.15, -0.1) is 0 Å². The van der Waals surface area contributed by atoms with Crippen molar-refractivity contribution in [1.29, 1.82) is 0 Å². The summed E-state index contributed by atoms with van der Waals surface area (Å²) in [5.74, 6) is -0.971. The van der Waals surface area contributed by atoms with Gasteiger partial charge in [0.1, 0.15) is 5.75 Å². The molecule has 0 bridgehead atoms. The van der Waals surface area contributed by atoms with Gasteiger partial charge in [0.05, 0.1) is 10.4 Å². The lowest BCUT2D eigenvalue weighted by Gasteiger charge is -2.18. The van der Waals surface area contributed by atoms with E-state index in [9.17, 15) is 14.7 Å². The summed E-state index contributed by atoms with van der Waals surface area (Å²) >= 11 is 3.15. The van der Waals surface area contributed by atoms with Gasteiger partial charge in [-0.2, -0.15) is 0 Å². The fraction of sp³-hybridized carbons (Fsp3) is 0.385. The van der Waals surface area contributed by atoms with Crippen molar-refractivity contribution in [3.8, 4) is 5.75 Å². The minimum absolute atomic E-state index is 0.00511. The summed E-state index contributed by atoms with van der Waals surface area (Å²) < 4.78 is 0.528. The van der Waals surface area contributed by atoms with Gasteiger partial charge in [0.15, 0.2) is 0 Å². The maximum absolute atomic E-state index is 12.0. The van der Waals surface area contributed by atoms with Gasteiger partial charge in [-0.25, -0.2) is 0 Å². The van der Waals surface area contributed by atoms with Crippen molar-refractivity contribution in [3.63, 3.8) is 0 Å². The normalized spacial score (nSPS) is 22.2. The van der Waals surface area contributed by atoms with Gasteiger partial charge < -0.3 is 16.2 Å². The minimum atomic E-state index is -0.374. The van der Waals surface area contributed by atoms with Crippen LogP contribution >= 0.6 is 15.9 Å². The third kappa shape index (κ3) is 3.07. The average molecular weight is 327 g/mol. The highest BCUT2D eigenvalue weighted by Gasteiger charge is 2.32. The number of amides is 2. The number of nitrogens with one attached hydrogen (secondary N) is 1. The number of hydrogen-bond donors (Lipinski definition) is 3. The molecule has 0 aromatic heterocycles. The van der Waals surface area contributed by atoms with Crippen LogP contribution in [0.5, 0.6) is 5.75 Å². The Morgan fingerprint density at radius 3 is 2.74 bits per heavy atom. The van der Waals surface area contributed by atoms with E-state index < -0.39 is 0 Å². The lowest BCUT2D eigenvalue weighted by molar-refractivity contribution is -0.122. The first-order chi connectivity index (χ1) is 8.99. The van der Waals surface area contributed by atoms with Crippen LogP contribution in [0.4, 0.5) is 0 Å². The first kappa shape index (κ1) is 13.9. The summed E-state index contributed by atoms with van der Waals surface area (Å²) in [4.78, 5) is 23.3. The topological polar surface area (TPSA) is 92.4 Å². The third-order valence-electron chi connectivity index (χ3n) is 3.41. The lowest BCUT2D eigenvalue weighted by atomic mass is 10.0. The molecule has 1 aliphatic rings. The molecule has 1 fully saturated rings. The maximum atomic E-state index is 12.0. The molecule has 19 heavy (non-hydrogen) atoms. The number of hydrogen-bond acceptors (Lipinski definition) is 3. The van der Waals surface area contributed by atoms with Crippen LogP contribution in [0.25, 0.3) is 0 Å². The van der Waals surface area contributed by atoms with Crippen molar-refractivity contribution in [2.45, 2.75) is 25.3 Å². The zero-order valence-electron chi connectivity index (χ0n) is 10.2. The molecule has 2 amide bonds. The number of phenols is 1. The molecule has 0 radical (unpaired) electrons. The second-order valence-corrected chi connectivity index (χ2v) is 5.54. The Hall–Kier alpha value is -1.56. The van der Waals surface area contributed by atoms with Gasteiger partial charge in [0.25, 0.3) is 5.91 Å². The second kappa shape index (κ2) is 5.61. The van der Waals surface area contributed by atoms with Crippen LogP contribution in [0, 0.1) is 5.92 Å². The molecule has 102 valence electrons. The molecule has 0 heterocycles. The predicted molar refractivity (Wildman–Crippen MR) is 73.6 cm³/mol. The van der Waals surface area contributed by atoms with Gasteiger partial charge in [0, 0.05) is 11.6 Å². The standard InChI is InChI=1S/C13H15BrN2O3/c14-9-5-4-7(6-11(9)17)13(19)16-10-3-1-2-8(10)12(15)18/h4-6,8,10,17H,1-3H2,(H2,15,18)(H,16,19). The molecule has 5 nitrogen and oxygen atoms in total. The smallest absolute Gasteiger partial charge is 0.251 e. The molecule has 2 unspecified atom stereocenters. The monoisotopic (exact) mass is 326 g/mol. The Balaban J connectivity index is 2.08. The van der Waals surface area contributed by atoms with Crippen LogP contribution in [0.2, 0.25) is 0 Å². The first-order valence-electron chi connectivity index (χ1n) is 6.07. The van der Waals surface area contributed by atoms with E-state index in [-0.39, 0.29) is 29.5 Å². The number of halogens is 1. The molecule has 1 aliphatic carbocycles. The van der Waals surface area contributed by atoms with Gasteiger partial charge in [-0.3, -0.25) is 9.59 Å². The minimum Gasteiger partial charge on any atom is -0.507 e. The average Bonchev–Trinajstić information content (AvgIpc) is 2.80. The lowest BCUT2D eigenvalue weighted by Crippen LogP contribution is -2.42. The van der Waals surface area contributed by atoms with E-state index in [2.05, 4.69) is 21.2 Å². The Labute approximate surface area is 119 Å². The van der Waals surface area contributed by atoms with E-state index in [0.29, 0.717) is 16.5 Å². The SMILES string of the molecule is NC(=O)C1CCCC1NC(=O)c1ccc(Br)c(O)c1. The molecule has 1 saturated carbocycles. The molecular weight excluding hydrogens is 312 g/mol. The zero-order chi connectivity index (χ0) is 14.0. The zero-order valence-corrected chi connectivity index (χ0v) is 11.8. The van der Waals surface area contributed by atoms with Gasteiger partial charge in [-0.1, -0.05) is 6.42 Å². The van der Waals surface area contributed by atoms with Crippen LogP contribution in [0.3, 0.4) is 0 Å². The number of rotatable bonds is 3. The number of primary amides is 1. The van der Waals surface area contributed by atoms with Gasteiger partial charge >= 0.3 is 0 Å². The van der Waals surface area contributed by atoms with Crippen molar-refractivity contribution in [3.05, 3.63) is 28.2 Å². The number of carbonyl (C=O) groups excluding carboxylic acids is 2. The predicted octanol–water partition coefficient (Wildman–Crippen LogP) is 1.54. The van der Waals surface area contributed by atoms with Crippen LogP contribution in [0.1, 0.15) is 29.6 Å². The molecule has 0 spiro atoms. The Morgan fingerprint density at radius 2 is 2.11 bits per heavy atom. The summed E-state index contributed by atoms with van der Waals surface area (Å²) in [6.45, 7) is 0. The van der Waals surface area contributed by atoms with E-state index >= 15 is 0 Å². The number of aromatic hydroxyl groups is 1. The Morgan fingerprint density at radius 1 is 1.37 bits per heavy atom. The third-order valence-corrected chi connectivity index (χ3v) is 4.08. The van der Waals surface area contributed by atoms with E-state index in [1.165, 1.54) is 6.07 Å². The van der Waals surface area contributed by atoms with Crippen molar-refractivity contribution in [1.82, 2.24) is 5.32 Å². The highest BCUT2D eigenvalue weighted by Crippen LogP contribution is 2.27. The highest BCUT2D eigenvalue weighted by molar-refractivity contribution is 9.10. The summed E-state index contributed by atoms with van der Waals surface area (Å²) in [5.41, 5.74) is 5.67. The van der Waals surface area contributed by atoms with E-state index in [4.69, 9.17) is 5.73 Å². The van der Waals surface area contributed by atoms with Crippen molar-refractivity contribution < 1.29 is 14.7 Å². The number of carbonyl (C=O) groups is 2. The first-order valence-corrected chi connectivity index (χ1v) is 6.87. The molecule has 2 atom stereocenters. The van der Waals surface area contributed by atoms with Gasteiger partial charge in [-0.05, 0) is 47.0 Å². The molecule has 0 aliphatic heterocycles. The number of nitrogens with two attached hydrogens (primary N) is 1. The van der Waals surface area contributed by atoms with Crippen LogP contribution < -0.4 is 11.1 Å². The summed E-state index contributed by atoms with van der Waals surface area (Å²) in [7, 11) is 0. The molecular formula is C13H15BrN2O3. The summed E-state index contributed by atoms with van der Waals surface area (Å²) in [6, 6.07) is 4.38. The highest BCUT2D eigenvalue weighted by atomic mass is 79.9. The largest absolute Gasteiger partial charge is 0.507 e. The maximum Gasteiger partial charge on any atom is 0.251 e. The molecule has 1 aromatic rings. The number of phenolic OH excluding ortho intramolecular Hbond substituents is 1. The second-order valence-electron chi connectivity index (χ2n) is 4.69. The van der Waals surface area contributed by atoms with E-state index in [1.807, 2.05) is 0 Å². The Kier molecular flexibility index (Phi) is 4.09. The molecule has 0 saturated heterocycles. The molecule has 2 rings (SSSR count). The fourth-order valence-corrected chi connectivity index (χ4v) is 2.63.